The molecule has 2 rings (SSSR count). The zero-order valence-corrected chi connectivity index (χ0v) is 15.0. The van der Waals surface area contributed by atoms with E-state index in [2.05, 4.69) is 22.0 Å². The molecule has 0 aliphatic carbocycles. The first-order valence-electron chi connectivity index (χ1n) is 7.90. The van der Waals surface area contributed by atoms with Gasteiger partial charge in [-0.2, -0.15) is 4.98 Å². The zero-order valence-electron chi connectivity index (χ0n) is 14.2. The van der Waals surface area contributed by atoms with Crippen LogP contribution in [0.25, 0.3) is 11.4 Å². The van der Waals surface area contributed by atoms with Gasteiger partial charge in [0.1, 0.15) is 0 Å². The van der Waals surface area contributed by atoms with E-state index >= 15 is 0 Å². The Morgan fingerprint density at radius 2 is 2.00 bits per heavy atom. The number of imide groups is 1. The van der Waals surface area contributed by atoms with Gasteiger partial charge in [-0.05, 0) is 24.3 Å². The van der Waals surface area contributed by atoms with E-state index in [1.165, 1.54) is 6.08 Å². The smallest absolute Gasteiger partial charge is 0.321 e. The number of esters is 1. The summed E-state index contributed by atoms with van der Waals surface area (Å²) in [4.78, 5) is 38.5. The van der Waals surface area contributed by atoms with Gasteiger partial charge in [-0.3, -0.25) is 14.9 Å². The van der Waals surface area contributed by atoms with Crippen molar-refractivity contribution >= 4 is 29.5 Å². The first kappa shape index (κ1) is 20.1. The van der Waals surface area contributed by atoms with Crippen molar-refractivity contribution in [1.82, 2.24) is 20.8 Å². The van der Waals surface area contributed by atoms with Crippen molar-refractivity contribution in [3.05, 3.63) is 47.8 Å². The van der Waals surface area contributed by atoms with Crippen molar-refractivity contribution in [2.24, 2.45) is 0 Å². The van der Waals surface area contributed by atoms with Crippen LogP contribution >= 0.6 is 11.6 Å². The minimum Gasteiger partial charge on any atom is -0.456 e. The summed E-state index contributed by atoms with van der Waals surface area (Å²) >= 11 is 5.82. The molecule has 2 N–H and O–H groups in total. The third kappa shape index (κ3) is 6.90. The average Bonchev–Trinajstić information content (AvgIpc) is 3.12. The van der Waals surface area contributed by atoms with Crippen LogP contribution in [0.3, 0.4) is 0 Å². The number of halogens is 1. The van der Waals surface area contributed by atoms with Gasteiger partial charge in [-0.25, -0.2) is 4.79 Å². The second-order valence-corrected chi connectivity index (χ2v) is 5.66. The van der Waals surface area contributed by atoms with Gasteiger partial charge in [0.15, 0.2) is 6.61 Å². The van der Waals surface area contributed by atoms with Gasteiger partial charge < -0.3 is 14.6 Å². The molecule has 0 radical (unpaired) electrons. The summed E-state index contributed by atoms with van der Waals surface area (Å²) in [5, 5.41) is 8.78. The fraction of sp³-hybridized carbons (Fsp3) is 0.235. The Morgan fingerprint density at radius 1 is 1.26 bits per heavy atom. The second kappa shape index (κ2) is 10.1. The van der Waals surface area contributed by atoms with Crippen molar-refractivity contribution in [2.75, 3.05) is 13.2 Å². The van der Waals surface area contributed by atoms with Crippen molar-refractivity contribution < 1.29 is 23.6 Å². The van der Waals surface area contributed by atoms with Crippen molar-refractivity contribution in [2.45, 2.75) is 12.8 Å². The number of aryl methyl sites for hydroxylation is 1. The van der Waals surface area contributed by atoms with E-state index in [0.29, 0.717) is 10.8 Å². The highest BCUT2D eigenvalue weighted by atomic mass is 35.5. The lowest BCUT2D eigenvalue weighted by Crippen LogP contribution is -2.41. The Kier molecular flexibility index (Phi) is 7.50. The van der Waals surface area contributed by atoms with E-state index in [0.717, 1.165) is 5.56 Å². The quantitative estimate of drug-likeness (QED) is 0.519. The number of carbonyl (C=O) groups excluding carboxylic acids is 3. The first-order chi connectivity index (χ1) is 13.0. The molecule has 0 aliphatic rings. The molecule has 142 valence electrons. The van der Waals surface area contributed by atoms with Crippen LogP contribution in [0.4, 0.5) is 4.79 Å². The molecule has 0 saturated carbocycles. The molecule has 0 spiro atoms. The SMILES string of the molecule is C=CCNC(=O)NC(=O)COC(=O)CCc1nc(-c2ccc(Cl)cc2)no1. The number of nitrogens with zero attached hydrogens (tertiary/aromatic N) is 2. The maximum atomic E-state index is 11.7. The molecule has 1 aromatic carbocycles. The Balaban J connectivity index is 1.73. The number of urea groups is 1. The van der Waals surface area contributed by atoms with Gasteiger partial charge in [0.25, 0.3) is 5.91 Å². The summed E-state index contributed by atoms with van der Waals surface area (Å²) in [6.45, 7) is 3.06. The van der Waals surface area contributed by atoms with Crippen LogP contribution in [0.2, 0.25) is 5.02 Å². The lowest BCUT2D eigenvalue weighted by Gasteiger charge is -2.05. The fourth-order valence-electron chi connectivity index (χ4n) is 1.87. The summed E-state index contributed by atoms with van der Waals surface area (Å²) in [6, 6.07) is 6.20. The van der Waals surface area contributed by atoms with Crippen LogP contribution in [0.15, 0.2) is 41.4 Å². The van der Waals surface area contributed by atoms with E-state index in [-0.39, 0.29) is 25.3 Å². The molecule has 0 unspecified atom stereocenters. The summed E-state index contributed by atoms with van der Waals surface area (Å²) < 4.78 is 9.85. The van der Waals surface area contributed by atoms with E-state index in [1.54, 1.807) is 24.3 Å². The molecule has 10 heteroatoms. The molecule has 1 aromatic heterocycles. The number of ether oxygens (including phenoxy) is 1. The Labute approximate surface area is 159 Å². The van der Waals surface area contributed by atoms with Gasteiger partial charge in [0.05, 0.1) is 6.42 Å². The number of rotatable bonds is 8. The summed E-state index contributed by atoms with van der Waals surface area (Å²) in [5.74, 6) is -0.749. The van der Waals surface area contributed by atoms with Gasteiger partial charge in [0.2, 0.25) is 11.7 Å². The largest absolute Gasteiger partial charge is 0.456 e. The third-order valence-electron chi connectivity index (χ3n) is 3.14. The molecule has 27 heavy (non-hydrogen) atoms. The molecule has 3 amide bonds. The predicted molar refractivity (Wildman–Crippen MR) is 95.8 cm³/mol. The number of nitrogens with one attached hydrogen (secondary N) is 2. The van der Waals surface area contributed by atoms with Crippen LogP contribution in [-0.4, -0.2) is 41.2 Å². The molecule has 0 fully saturated rings. The monoisotopic (exact) mass is 392 g/mol. The van der Waals surface area contributed by atoms with E-state index in [4.69, 9.17) is 20.9 Å². The van der Waals surface area contributed by atoms with Gasteiger partial charge in [0, 0.05) is 23.6 Å². The minimum atomic E-state index is -0.743. The number of hydrogen-bond acceptors (Lipinski definition) is 7. The minimum absolute atomic E-state index is 0.0573. The molecule has 9 nitrogen and oxygen atoms in total. The molecule has 0 saturated heterocycles. The molecule has 0 atom stereocenters. The Hall–Kier alpha value is -3.20. The second-order valence-electron chi connectivity index (χ2n) is 5.23. The fourth-order valence-corrected chi connectivity index (χ4v) is 2.00. The maximum absolute atomic E-state index is 11.7. The lowest BCUT2D eigenvalue weighted by atomic mass is 10.2. The molecule has 2 aromatic rings. The van der Waals surface area contributed by atoms with Crippen LogP contribution in [0, 0.1) is 0 Å². The summed E-state index contributed by atoms with van der Waals surface area (Å²) in [6.07, 6.45) is 1.55. The van der Waals surface area contributed by atoms with Crippen molar-refractivity contribution in [1.29, 1.82) is 0 Å². The molecular formula is C17H17ClN4O5. The summed E-state index contributed by atoms with van der Waals surface area (Å²) in [7, 11) is 0. The van der Waals surface area contributed by atoms with Gasteiger partial charge in [-0.15, -0.1) is 6.58 Å². The normalized spacial score (nSPS) is 10.1. The number of carbonyl (C=O) groups is 3. The van der Waals surface area contributed by atoms with Crippen LogP contribution in [0.5, 0.6) is 0 Å². The van der Waals surface area contributed by atoms with Gasteiger partial charge in [-0.1, -0.05) is 22.8 Å². The van der Waals surface area contributed by atoms with E-state index in [9.17, 15) is 14.4 Å². The zero-order chi connectivity index (χ0) is 19.6. The number of aromatic nitrogens is 2. The van der Waals surface area contributed by atoms with Gasteiger partial charge >= 0.3 is 12.0 Å². The molecule has 0 bridgehead atoms. The topological polar surface area (TPSA) is 123 Å². The predicted octanol–water partition coefficient (Wildman–Crippen LogP) is 1.88. The third-order valence-corrected chi connectivity index (χ3v) is 3.39. The van der Waals surface area contributed by atoms with Crippen LogP contribution < -0.4 is 10.6 Å². The van der Waals surface area contributed by atoms with E-state index < -0.39 is 24.5 Å². The van der Waals surface area contributed by atoms with Crippen LogP contribution in [-0.2, 0) is 20.7 Å². The lowest BCUT2D eigenvalue weighted by molar-refractivity contribution is -0.148. The Bertz CT molecular complexity index is 819. The molecule has 0 aliphatic heterocycles. The Morgan fingerprint density at radius 3 is 2.70 bits per heavy atom. The highest BCUT2D eigenvalue weighted by Crippen LogP contribution is 2.19. The highest BCUT2D eigenvalue weighted by molar-refractivity contribution is 6.30. The van der Waals surface area contributed by atoms with E-state index in [1.807, 2.05) is 5.32 Å². The first-order valence-corrected chi connectivity index (χ1v) is 8.28. The standard InChI is InChI=1S/C17H17ClN4O5/c1-2-9-19-17(25)20-13(23)10-26-15(24)8-7-14-21-16(22-27-14)11-3-5-12(18)6-4-11/h2-6H,1,7-10H2,(H2,19,20,23,25). The molecule has 1 heterocycles. The molecular weight excluding hydrogens is 376 g/mol. The highest BCUT2D eigenvalue weighted by Gasteiger charge is 2.13. The van der Waals surface area contributed by atoms with Crippen LogP contribution in [0.1, 0.15) is 12.3 Å². The number of benzene rings is 1. The van der Waals surface area contributed by atoms with Crippen molar-refractivity contribution in [3.8, 4) is 11.4 Å². The van der Waals surface area contributed by atoms with Crippen molar-refractivity contribution in [3.63, 3.8) is 0 Å². The average molecular weight is 393 g/mol. The maximum Gasteiger partial charge on any atom is 0.321 e. The number of hydrogen-bond donors (Lipinski definition) is 2. The summed E-state index contributed by atoms with van der Waals surface area (Å²) in [5.41, 5.74) is 0.725. The number of amides is 3.